The molecule has 0 spiro atoms. The fourth-order valence-electron chi connectivity index (χ4n) is 0.381. The first-order chi connectivity index (χ1) is 5.49. The summed E-state index contributed by atoms with van der Waals surface area (Å²) >= 11 is 0. The first-order valence-electron chi connectivity index (χ1n) is 2.98. The number of carboxylic acid groups (broad SMARTS) is 1. The fourth-order valence-corrected chi connectivity index (χ4v) is 0.721. The number of rotatable bonds is 1. The Morgan fingerprint density at radius 3 is 2.17 bits per heavy atom. The molecule has 2 N–H and O–H groups in total. The summed E-state index contributed by atoms with van der Waals surface area (Å²) < 4.78 is 20.3. The molecule has 0 unspecified atom stereocenters. The van der Waals surface area contributed by atoms with Crippen LogP contribution in [-0.2, 0) is 19.9 Å². The smallest absolute Gasteiger partial charge is 0.368 e. The molecule has 7 heteroatoms. The minimum atomic E-state index is -2.92. The number of nitrogens with one attached hydrogen (secondary N) is 1. The van der Waals surface area contributed by atoms with Gasteiger partial charge in [-0.15, -0.1) is 0 Å². The highest BCUT2D eigenvalue weighted by atomic mass is 32.2. The Hall–Kier alpha value is -1.37. The second-order valence-corrected chi connectivity index (χ2v) is 2.65. The van der Waals surface area contributed by atoms with E-state index < -0.39 is 27.2 Å². The molecule has 0 aliphatic rings. The molecule has 0 bridgehead atoms. The summed E-state index contributed by atoms with van der Waals surface area (Å²) in [6.07, 6.45) is 0.0218. The van der Waals surface area contributed by atoms with Crippen molar-refractivity contribution >= 4 is 27.2 Å². The molecule has 0 rings (SSSR count). The first kappa shape index (κ1) is 10.6. The van der Waals surface area contributed by atoms with Gasteiger partial charge in [-0.25, -0.2) is 4.79 Å². The number of amides is 1. The lowest BCUT2D eigenvalue weighted by molar-refractivity contribution is -0.130. The van der Waals surface area contributed by atoms with Gasteiger partial charge in [-0.05, 0) is 0 Å². The van der Waals surface area contributed by atoms with Gasteiger partial charge in [0.15, 0.2) is 0 Å². The summed E-state index contributed by atoms with van der Waals surface area (Å²) in [5.41, 5.74) is 0. The van der Waals surface area contributed by atoms with Gasteiger partial charge in [-0.2, -0.15) is 8.42 Å². The third-order valence-corrected chi connectivity index (χ3v) is 1.54. The maximum atomic E-state index is 10.6. The zero-order valence-corrected chi connectivity index (χ0v) is 7.01. The summed E-state index contributed by atoms with van der Waals surface area (Å²) in [5.74, 6) is -2.33. The molecule has 6 nitrogen and oxygen atoms in total. The predicted molar refractivity (Wildman–Crippen MR) is 40.0 cm³/mol. The Kier molecular flexibility index (Phi) is 3.98. The van der Waals surface area contributed by atoms with E-state index in [1.807, 2.05) is 0 Å². The molecule has 0 saturated heterocycles. The lowest BCUT2D eigenvalue weighted by Gasteiger charge is -1.97. The number of hydrogen-bond donors (Lipinski definition) is 2. The van der Waals surface area contributed by atoms with Gasteiger partial charge in [-0.3, -0.25) is 4.79 Å². The average molecular weight is 193 g/mol. The van der Waals surface area contributed by atoms with E-state index in [1.165, 1.54) is 6.92 Å². The van der Waals surface area contributed by atoms with Crippen molar-refractivity contribution in [2.75, 3.05) is 0 Å². The van der Waals surface area contributed by atoms with Gasteiger partial charge in [0, 0.05) is 6.42 Å². The highest BCUT2D eigenvalue weighted by Crippen LogP contribution is 1.76. The van der Waals surface area contributed by atoms with Crippen molar-refractivity contribution in [3.05, 3.63) is 0 Å². The molecule has 68 valence electrons. The van der Waals surface area contributed by atoms with Crippen LogP contribution in [0.2, 0.25) is 0 Å². The van der Waals surface area contributed by atoms with Crippen LogP contribution in [0.4, 0.5) is 0 Å². The number of carbonyl (C=O) groups excluding carboxylic acids is 1. The SMILES string of the molecule is CCC(=O)NC(C(=O)O)=S(=O)=O. The molecule has 0 radical (unpaired) electrons. The summed E-state index contributed by atoms with van der Waals surface area (Å²) in [4.78, 5) is 19.7. The third kappa shape index (κ3) is 3.15. The normalized spacial score (nSPS) is 8.75. The van der Waals surface area contributed by atoms with Crippen LogP contribution in [0, 0.1) is 0 Å². The molecule has 0 atom stereocenters. The predicted octanol–water partition coefficient (Wildman–Crippen LogP) is -1.39. The molecule has 0 aliphatic heterocycles. The van der Waals surface area contributed by atoms with Crippen molar-refractivity contribution in [1.29, 1.82) is 0 Å². The van der Waals surface area contributed by atoms with E-state index in [9.17, 15) is 18.0 Å². The molecule has 0 aliphatic carbocycles. The van der Waals surface area contributed by atoms with Crippen LogP contribution in [0.15, 0.2) is 0 Å². The first-order valence-corrected chi connectivity index (χ1v) is 4.05. The van der Waals surface area contributed by atoms with Crippen molar-refractivity contribution in [1.82, 2.24) is 5.32 Å². The summed E-state index contributed by atoms with van der Waals surface area (Å²) in [5, 5.41) is 9.97. The summed E-state index contributed by atoms with van der Waals surface area (Å²) in [6, 6.07) is 0. The van der Waals surface area contributed by atoms with Crippen molar-refractivity contribution in [3.63, 3.8) is 0 Å². The van der Waals surface area contributed by atoms with Crippen LogP contribution in [0.25, 0.3) is 0 Å². The standard InChI is InChI=1S/C5H7NO5S/c1-2-3(7)6-4(5(8)9)12(10)11/h2H2,1H3,(H,6,7)(H,8,9). The number of hydrogen-bond acceptors (Lipinski definition) is 4. The molecule has 0 aromatic carbocycles. The van der Waals surface area contributed by atoms with Gasteiger partial charge in [0.2, 0.25) is 21.2 Å². The van der Waals surface area contributed by atoms with Gasteiger partial charge < -0.3 is 10.4 Å². The maximum Gasteiger partial charge on any atom is 0.368 e. The van der Waals surface area contributed by atoms with E-state index in [1.54, 1.807) is 5.32 Å². The molecular formula is C5H7NO5S. The Morgan fingerprint density at radius 2 is 1.92 bits per heavy atom. The average Bonchev–Trinajstić information content (AvgIpc) is 1.98. The maximum absolute atomic E-state index is 10.6. The summed E-state index contributed by atoms with van der Waals surface area (Å²) in [7, 11) is -2.92. The topological polar surface area (TPSA) is 101 Å². The van der Waals surface area contributed by atoms with E-state index in [4.69, 9.17) is 5.11 Å². The van der Waals surface area contributed by atoms with Gasteiger partial charge in [0.1, 0.15) is 0 Å². The van der Waals surface area contributed by atoms with Crippen LogP contribution in [0.1, 0.15) is 13.3 Å². The van der Waals surface area contributed by atoms with Gasteiger partial charge in [-0.1, -0.05) is 6.92 Å². The summed E-state index contributed by atoms with van der Waals surface area (Å²) in [6.45, 7) is 1.47. The van der Waals surface area contributed by atoms with Crippen LogP contribution in [-0.4, -0.2) is 30.4 Å². The van der Waals surface area contributed by atoms with Gasteiger partial charge in [0.05, 0.1) is 0 Å². The van der Waals surface area contributed by atoms with E-state index in [-0.39, 0.29) is 6.42 Å². The van der Waals surface area contributed by atoms with Crippen molar-refractivity contribution < 1.29 is 23.1 Å². The minimum absolute atomic E-state index is 0.0218. The monoisotopic (exact) mass is 193 g/mol. The fraction of sp³-hybridized carbons (Fsp3) is 0.400. The van der Waals surface area contributed by atoms with Gasteiger partial charge >= 0.3 is 5.97 Å². The Morgan fingerprint density at radius 1 is 1.42 bits per heavy atom. The van der Waals surface area contributed by atoms with E-state index in [0.717, 1.165) is 0 Å². The molecule has 0 saturated carbocycles. The number of aliphatic carboxylic acids is 1. The molecule has 12 heavy (non-hydrogen) atoms. The largest absolute Gasteiger partial charge is 0.476 e. The van der Waals surface area contributed by atoms with E-state index in [2.05, 4.69) is 0 Å². The van der Waals surface area contributed by atoms with Crippen molar-refractivity contribution in [2.24, 2.45) is 0 Å². The number of carboxylic acids is 1. The Balaban J connectivity index is 4.73. The minimum Gasteiger partial charge on any atom is -0.476 e. The molecule has 0 heterocycles. The van der Waals surface area contributed by atoms with Crippen molar-refractivity contribution in [2.45, 2.75) is 13.3 Å². The highest BCUT2D eigenvalue weighted by molar-refractivity contribution is 7.74. The van der Waals surface area contributed by atoms with E-state index in [0.29, 0.717) is 0 Å². The molecule has 0 aromatic rings. The van der Waals surface area contributed by atoms with Crippen molar-refractivity contribution in [3.8, 4) is 0 Å². The zero-order chi connectivity index (χ0) is 9.72. The van der Waals surface area contributed by atoms with E-state index >= 15 is 0 Å². The second-order valence-electron chi connectivity index (χ2n) is 1.77. The van der Waals surface area contributed by atoms with Crippen LogP contribution < -0.4 is 5.32 Å². The van der Waals surface area contributed by atoms with Gasteiger partial charge in [0.25, 0.3) is 0 Å². The number of carbonyl (C=O) groups is 2. The van der Waals surface area contributed by atoms with Crippen LogP contribution in [0.5, 0.6) is 0 Å². The molecule has 1 amide bonds. The molecule has 0 fully saturated rings. The van der Waals surface area contributed by atoms with Crippen LogP contribution in [0.3, 0.4) is 0 Å². The highest BCUT2D eigenvalue weighted by Gasteiger charge is 2.13. The Bertz CT molecular complexity index is 320. The third-order valence-electron chi connectivity index (χ3n) is 0.935. The molecular weight excluding hydrogens is 186 g/mol. The zero-order valence-electron chi connectivity index (χ0n) is 6.20. The quantitative estimate of drug-likeness (QED) is 0.499. The second kappa shape index (κ2) is 4.50. The Labute approximate surface area is 69.7 Å². The molecule has 0 aromatic heterocycles. The lowest BCUT2D eigenvalue weighted by atomic mass is 10.4. The van der Waals surface area contributed by atoms with Crippen LogP contribution >= 0.6 is 0 Å². The lowest BCUT2D eigenvalue weighted by Crippen LogP contribution is -2.36.